The summed E-state index contributed by atoms with van der Waals surface area (Å²) in [6.45, 7) is -0.421. The van der Waals surface area contributed by atoms with Gasteiger partial charge in [-0.05, 0) is 48.0 Å². The van der Waals surface area contributed by atoms with Gasteiger partial charge in [0.25, 0.3) is 17.7 Å². The van der Waals surface area contributed by atoms with E-state index in [-0.39, 0.29) is 23.2 Å². The van der Waals surface area contributed by atoms with Gasteiger partial charge in [-0.1, -0.05) is 30.3 Å². The lowest BCUT2D eigenvalue weighted by molar-refractivity contribution is -0.307. The number of fused-ring (bicyclic) bond motifs is 1. The van der Waals surface area contributed by atoms with E-state index in [1.54, 1.807) is 12.1 Å². The third kappa shape index (κ3) is 4.34. The molecule has 3 amide bonds. The summed E-state index contributed by atoms with van der Waals surface area (Å²) < 4.78 is 4.99. The number of amides is 3. The second-order valence-corrected chi connectivity index (χ2v) is 7.08. The Kier molecular flexibility index (Phi) is 5.67. The van der Waals surface area contributed by atoms with Gasteiger partial charge in [0.2, 0.25) is 0 Å². The van der Waals surface area contributed by atoms with Crippen LogP contribution in [-0.4, -0.2) is 35.2 Å². The summed E-state index contributed by atoms with van der Waals surface area (Å²) in [7, 11) is 0. The van der Waals surface area contributed by atoms with Crippen molar-refractivity contribution in [3.63, 3.8) is 0 Å². The van der Waals surface area contributed by atoms with Crippen molar-refractivity contribution in [3.05, 3.63) is 95.1 Å². The van der Waals surface area contributed by atoms with E-state index in [2.05, 4.69) is 5.32 Å². The number of carboxylic acids is 1. The average molecular weight is 429 g/mol. The number of hydrogen-bond acceptors (Lipinski definition) is 6. The first-order valence-electron chi connectivity index (χ1n) is 9.70. The van der Waals surface area contributed by atoms with Crippen molar-refractivity contribution in [2.45, 2.75) is 6.54 Å². The lowest BCUT2D eigenvalue weighted by Gasteiger charge is -2.13. The predicted octanol–water partition coefficient (Wildman–Crippen LogP) is 1.86. The molecule has 0 aliphatic carbocycles. The second-order valence-electron chi connectivity index (χ2n) is 7.08. The number of imide groups is 1. The molecule has 0 radical (unpaired) electrons. The molecule has 0 fully saturated rings. The lowest BCUT2D eigenvalue weighted by Crippen LogP contribution is -2.29. The summed E-state index contributed by atoms with van der Waals surface area (Å²) >= 11 is 0. The van der Waals surface area contributed by atoms with E-state index in [0.29, 0.717) is 11.4 Å². The molecule has 1 N–H and O–H groups in total. The number of benzene rings is 3. The number of rotatable bonds is 7. The van der Waals surface area contributed by atoms with Crippen molar-refractivity contribution in [1.82, 2.24) is 4.90 Å². The first-order chi connectivity index (χ1) is 15.4. The Morgan fingerprint density at radius 3 is 2.25 bits per heavy atom. The van der Waals surface area contributed by atoms with Crippen molar-refractivity contribution in [2.24, 2.45) is 0 Å². The molecule has 1 aliphatic heterocycles. The van der Waals surface area contributed by atoms with Gasteiger partial charge in [-0.25, -0.2) is 0 Å². The zero-order chi connectivity index (χ0) is 22.7. The monoisotopic (exact) mass is 429 g/mol. The highest BCUT2D eigenvalue weighted by Crippen LogP contribution is 2.26. The van der Waals surface area contributed by atoms with Gasteiger partial charge in [0.15, 0.2) is 0 Å². The van der Waals surface area contributed by atoms with Gasteiger partial charge in [0, 0.05) is 11.3 Å². The van der Waals surface area contributed by atoms with E-state index in [0.717, 1.165) is 10.5 Å². The highest BCUT2D eigenvalue weighted by molar-refractivity contribution is 6.22. The Balaban J connectivity index is 1.46. The van der Waals surface area contributed by atoms with E-state index >= 15 is 0 Å². The highest BCUT2D eigenvalue weighted by atomic mass is 16.5. The number of nitrogens with zero attached hydrogens (tertiary/aromatic N) is 1. The van der Waals surface area contributed by atoms with Crippen LogP contribution in [0.3, 0.4) is 0 Å². The molecule has 1 heterocycles. The average Bonchev–Trinajstić information content (AvgIpc) is 3.03. The maximum atomic E-state index is 12.8. The van der Waals surface area contributed by atoms with E-state index in [1.807, 2.05) is 30.3 Å². The lowest BCUT2D eigenvalue weighted by atomic mass is 10.1. The van der Waals surface area contributed by atoms with Gasteiger partial charge in [-0.3, -0.25) is 19.3 Å². The fourth-order valence-electron chi connectivity index (χ4n) is 3.32. The molecule has 0 atom stereocenters. The van der Waals surface area contributed by atoms with Crippen LogP contribution in [0, 0.1) is 0 Å². The zero-order valence-corrected chi connectivity index (χ0v) is 16.7. The van der Waals surface area contributed by atoms with E-state index in [1.165, 1.54) is 30.3 Å². The van der Waals surface area contributed by atoms with Crippen LogP contribution in [-0.2, 0) is 11.3 Å². The Morgan fingerprint density at radius 2 is 1.56 bits per heavy atom. The molecule has 160 valence electrons. The highest BCUT2D eigenvalue weighted by Gasteiger charge is 2.36. The Hall–Kier alpha value is -4.46. The van der Waals surface area contributed by atoms with Gasteiger partial charge >= 0.3 is 0 Å². The molecular weight excluding hydrogens is 412 g/mol. The van der Waals surface area contributed by atoms with Crippen LogP contribution in [0.5, 0.6) is 5.75 Å². The minimum absolute atomic E-state index is 0.154. The SMILES string of the molecule is O=C([O-])COc1ccc(NC(=O)c2ccc3c(c2)C(=O)N(Cc2ccccc2)C3=O)cc1. The van der Waals surface area contributed by atoms with Gasteiger partial charge in [0.1, 0.15) is 12.4 Å². The first-order valence-corrected chi connectivity index (χ1v) is 9.70. The van der Waals surface area contributed by atoms with Crippen LogP contribution >= 0.6 is 0 Å². The molecule has 0 aromatic heterocycles. The molecule has 0 saturated heterocycles. The molecule has 0 saturated carbocycles. The smallest absolute Gasteiger partial charge is 0.261 e. The van der Waals surface area contributed by atoms with Crippen LogP contribution in [0.1, 0.15) is 36.6 Å². The molecule has 0 spiro atoms. The molecule has 3 aromatic carbocycles. The third-order valence-electron chi connectivity index (χ3n) is 4.89. The maximum absolute atomic E-state index is 12.8. The first kappa shape index (κ1) is 20.8. The maximum Gasteiger partial charge on any atom is 0.261 e. The van der Waals surface area contributed by atoms with Gasteiger partial charge in [-0.15, -0.1) is 0 Å². The third-order valence-corrected chi connectivity index (χ3v) is 4.89. The predicted molar refractivity (Wildman–Crippen MR) is 112 cm³/mol. The molecule has 0 bridgehead atoms. The number of carbonyl (C=O) groups is 4. The minimum Gasteiger partial charge on any atom is -0.546 e. The number of hydrogen-bond donors (Lipinski definition) is 1. The molecule has 8 nitrogen and oxygen atoms in total. The number of anilines is 1. The molecule has 3 aromatic rings. The van der Waals surface area contributed by atoms with Crippen LogP contribution < -0.4 is 15.2 Å². The van der Waals surface area contributed by atoms with Crippen LogP contribution in [0.4, 0.5) is 5.69 Å². The standard InChI is InChI=1S/C24H18N2O6/c27-21(28)14-32-18-9-7-17(8-10-18)25-22(29)16-6-11-19-20(12-16)24(31)26(23(19)30)13-15-4-2-1-3-5-15/h1-12H,13-14H2,(H,25,29)(H,27,28)/p-1. The normalized spacial score (nSPS) is 12.4. The van der Waals surface area contributed by atoms with Crippen molar-refractivity contribution in [2.75, 3.05) is 11.9 Å². The topological polar surface area (TPSA) is 116 Å². The summed E-state index contributed by atoms with van der Waals surface area (Å²) in [6, 6.07) is 19.7. The second kappa shape index (κ2) is 8.73. The summed E-state index contributed by atoms with van der Waals surface area (Å²) in [5.41, 5.74) is 1.95. The minimum atomic E-state index is -1.34. The van der Waals surface area contributed by atoms with Crippen LogP contribution in [0.25, 0.3) is 0 Å². The van der Waals surface area contributed by atoms with Gasteiger partial charge < -0.3 is 20.0 Å². The number of carbonyl (C=O) groups excluding carboxylic acids is 4. The van der Waals surface area contributed by atoms with Crippen molar-refractivity contribution >= 4 is 29.4 Å². The van der Waals surface area contributed by atoms with Crippen LogP contribution in [0.15, 0.2) is 72.8 Å². The fraction of sp³-hybridized carbons (Fsp3) is 0.0833. The van der Waals surface area contributed by atoms with Crippen LogP contribution in [0.2, 0.25) is 0 Å². The van der Waals surface area contributed by atoms with Crippen molar-refractivity contribution < 1.29 is 29.0 Å². The fourth-order valence-corrected chi connectivity index (χ4v) is 3.32. The van der Waals surface area contributed by atoms with Crippen molar-refractivity contribution in [1.29, 1.82) is 0 Å². The summed E-state index contributed by atoms with van der Waals surface area (Å²) in [6.07, 6.45) is 0. The Morgan fingerprint density at radius 1 is 0.875 bits per heavy atom. The number of carboxylic acid groups (broad SMARTS) is 1. The zero-order valence-electron chi connectivity index (χ0n) is 16.7. The van der Waals surface area contributed by atoms with Crippen molar-refractivity contribution in [3.8, 4) is 5.75 Å². The van der Waals surface area contributed by atoms with Gasteiger partial charge in [-0.2, -0.15) is 0 Å². The molecule has 1 aliphatic rings. The number of aliphatic carboxylic acids is 1. The molecule has 8 heteroatoms. The number of nitrogens with one attached hydrogen (secondary N) is 1. The molecule has 32 heavy (non-hydrogen) atoms. The van der Waals surface area contributed by atoms with Gasteiger partial charge in [0.05, 0.1) is 23.6 Å². The quantitative estimate of drug-likeness (QED) is 0.573. The Bertz CT molecular complexity index is 1200. The molecule has 0 unspecified atom stereocenters. The number of ether oxygens (including phenoxy) is 1. The van der Waals surface area contributed by atoms with E-state index < -0.39 is 30.3 Å². The van der Waals surface area contributed by atoms with E-state index in [9.17, 15) is 24.3 Å². The summed E-state index contributed by atoms with van der Waals surface area (Å²) in [4.78, 5) is 49.7. The van der Waals surface area contributed by atoms with E-state index in [4.69, 9.17) is 4.74 Å². The summed E-state index contributed by atoms with van der Waals surface area (Å²) in [5.74, 6) is -2.33. The molecule has 4 rings (SSSR count). The Labute approximate surface area is 183 Å². The largest absolute Gasteiger partial charge is 0.546 e. The summed E-state index contributed by atoms with van der Waals surface area (Å²) in [5, 5.41) is 13.1. The molecular formula is C24H17N2O6-.